The monoisotopic (exact) mass is 213 g/mol. The number of nitrogens with two attached hydrogens (primary N) is 1. The number of carbonyl (C=O) groups excluding carboxylic acids is 1. The van der Waals surface area contributed by atoms with E-state index >= 15 is 0 Å². The zero-order valence-electron chi connectivity index (χ0n) is 8.38. The highest BCUT2D eigenvalue weighted by Gasteiger charge is 1.98. The molecular weight excluding hydrogens is 204 g/mol. The molecule has 80 valence electrons. The van der Waals surface area contributed by atoms with E-state index in [4.69, 9.17) is 5.73 Å². The minimum atomic E-state index is -1.18. The standard InChI is InChI=1S/C12H10N2O2/c13-11-6-5-10(7-14-11)8-1-3-9(4-2-8)12(15)16/h1-7H,(H2,13,14)(H,15,16)/p-1. The molecule has 2 N–H and O–H groups in total. The molecule has 1 aromatic carbocycles. The normalized spacial score (nSPS) is 10.0. The number of carboxylic acids is 1. The Kier molecular flexibility index (Phi) is 2.55. The molecule has 0 aliphatic carbocycles. The Morgan fingerprint density at radius 3 is 2.19 bits per heavy atom. The van der Waals surface area contributed by atoms with Crippen molar-refractivity contribution in [3.8, 4) is 11.1 Å². The molecule has 4 nitrogen and oxygen atoms in total. The predicted octanol–water partition coefficient (Wildman–Crippen LogP) is 0.694. The van der Waals surface area contributed by atoms with Crippen molar-refractivity contribution in [2.75, 3.05) is 5.73 Å². The van der Waals surface area contributed by atoms with Crippen LogP contribution in [0.25, 0.3) is 11.1 Å². The van der Waals surface area contributed by atoms with Crippen LogP contribution in [0.4, 0.5) is 5.82 Å². The quantitative estimate of drug-likeness (QED) is 0.796. The maximum absolute atomic E-state index is 10.6. The van der Waals surface area contributed by atoms with Crippen LogP contribution in [0.3, 0.4) is 0 Å². The summed E-state index contributed by atoms with van der Waals surface area (Å²) < 4.78 is 0. The second-order valence-corrected chi connectivity index (χ2v) is 3.34. The summed E-state index contributed by atoms with van der Waals surface area (Å²) >= 11 is 0. The van der Waals surface area contributed by atoms with Crippen LogP contribution in [0.15, 0.2) is 42.6 Å². The third-order valence-corrected chi connectivity index (χ3v) is 2.24. The third-order valence-electron chi connectivity index (χ3n) is 2.24. The molecule has 0 saturated heterocycles. The number of nitrogen functional groups attached to an aromatic ring is 1. The summed E-state index contributed by atoms with van der Waals surface area (Å²) in [6, 6.07) is 9.94. The molecule has 1 aromatic heterocycles. The van der Waals surface area contributed by atoms with Gasteiger partial charge < -0.3 is 15.6 Å². The van der Waals surface area contributed by atoms with Gasteiger partial charge in [0, 0.05) is 11.8 Å². The first-order valence-electron chi connectivity index (χ1n) is 4.70. The molecule has 0 saturated carbocycles. The number of anilines is 1. The molecule has 0 radical (unpaired) electrons. The lowest BCUT2D eigenvalue weighted by molar-refractivity contribution is -0.255. The minimum absolute atomic E-state index is 0.159. The van der Waals surface area contributed by atoms with Gasteiger partial charge in [-0.3, -0.25) is 0 Å². The molecule has 0 atom stereocenters. The van der Waals surface area contributed by atoms with Crippen LogP contribution in [0.2, 0.25) is 0 Å². The fourth-order valence-electron chi connectivity index (χ4n) is 1.37. The van der Waals surface area contributed by atoms with Gasteiger partial charge in [-0.15, -0.1) is 0 Å². The Labute approximate surface area is 92.4 Å². The molecule has 0 amide bonds. The Hall–Kier alpha value is -2.36. The molecule has 2 rings (SSSR count). The van der Waals surface area contributed by atoms with Gasteiger partial charge >= 0.3 is 0 Å². The molecule has 0 aliphatic rings. The van der Waals surface area contributed by atoms with E-state index in [1.54, 1.807) is 24.4 Å². The Morgan fingerprint density at radius 1 is 1.06 bits per heavy atom. The van der Waals surface area contributed by atoms with Gasteiger partial charge in [0.15, 0.2) is 0 Å². The number of carboxylic acid groups (broad SMARTS) is 1. The average molecular weight is 213 g/mol. The van der Waals surface area contributed by atoms with Crippen LogP contribution in [0, 0.1) is 0 Å². The summed E-state index contributed by atoms with van der Waals surface area (Å²) in [4.78, 5) is 14.5. The van der Waals surface area contributed by atoms with Gasteiger partial charge in [-0.1, -0.05) is 24.3 Å². The number of pyridine rings is 1. The van der Waals surface area contributed by atoms with Gasteiger partial charge in [0.05, 0.1) is 5.97 Å². The molecule has 0 unspecified atom stereocenters. The van der Waals surface area contributed by atoms with Gasteiger partial charge in [0.2, 0.25) is 0 Å². The van der Waals surface area contributed by atoms with Crippen molar-refractivity contribution in [3.05, 3.63) is 48.2 Å². The van der Waals surface area contributed by atoms with Crippen molar-refractivity contribution in [3.63, 3.8) is 0 Å². The van der Waals surface area contributed by atoms with Gasteiger partial charge in [0.1, 0.15) is 5.82 Å². The van der Waals surface area contributed by atoms with Crippen LogP contribution >= 0.6 is 0 Å². The molecule has 0 bridgehead atoms. The minimum Gasteiger partial charge on any atom is -0.545 e. The van der Waals surface area contributed by atoms with E-state index in [-0.39, 0.29) is 5.56 Å². The summed E-state index contributed by atoms with van der Waals surface area (Å²) in [6.07, 6.45) is 1.64. The van der Waals surface area contributed by atoms with Crippen molar-refractivity contribution in [1.82, 2.24) is 4.98 Å². The van der Waals surface area contributed by atoms with Crippen molar-refractivity contribution >= 4 is 11.8 Å². The van der Waals surface area contributed by atoms with E-state index in [1.165, 1.54) is 12.1 Å². The molecule has 4 heteroatoms. The van der Waals surface area contributed by atoms with Crippen molar-refractivity contribution in [2.24, 2.45) is 0 Å². The summed E-state index contributed by atoms with van der Waals surface area (Å²) in [7, 11) is 0. The van der Waals surface area contributed by atoms with E-state index in [2.05, 4.69) is 4.98 Å². The number of hydrogen-bond donors (Lipinski definition) is 1. The lowest BCUT2D eigenvalue weighted by Gasteiger charge is -2.04. The van der Waals surface area contributed by atoms with Crippen molar-refractivity contribution in [2.45, 2.75) is 0 Å². The number of hydrogen-bond acceptors (Lipinski definition) is 4. The fraction of sp³-hybridized carbons (Fsp3) is 0. The smallest absolute Gasteiger partial charge is 0.123 e. The van der Waals surface area contributed by atoms with Crippen LogP contribution in [0.5, 0.6) is 0 Å². The van der Waals surface area contributed by atoms with E-state index in [0.29, 0.717) is 5.82 Å². The Morgan fingerprint density at radius 2 is 1.69 bits per heavy atom. The predicted molar refractivity (Wildman–Crippen MR) is 58.4 cm³/mol. The average Bonchev–Trinajstić information content (AvgIpc) is 2.30. The highest BCUT2D eigenvalue weighted by Crippen LogP contribution is 2.19. The zero-order chi connectivity index (χ0) is 11.5. The number of aromatic carboxylic acids is 1. The second kappa shape index (κ2) is 4.02. The van der Waals surface area contributed by atoms with Crippen LogP contribution < -0.4 is 10.8 Å². The van der Waals surface area contributed by atoms with Crippen LogP contribution in [-0.4, -0.2) is 11.0 Å². The number of rotatable bonds is 2. The first-order valence-corrected chi connectivity index (χ1v) is 4.70. The highest BCUT2D eigenvalue weighted by molar-refractivity contribution is 5.86. The van der Waals surface area contributed by atoms with Gasteiger partial charge in [0.25, 0.3) is 0 Å². The molecule has 16 heavy (non-hydrogen) atoms. The first-order chi connectivity index (χ1) is 7.66. The van der Waals surface area contributed by atoms with Gasteiger partial charge in [-0.05, 0) is 23.3 Å². The molecule has 0 fully saturated rings. The molecule has 0 aliphatic heterocycles. The van der Waals surface area contributed by atoms with Gasteiger partial charge in [-0.2, -0.15) is 0 Å². The summed E-state index contributed by atoms with van der Waals surface area (Å²) in [5, 5.41) is 10.6. The van der Waals surface area contributed by atoms with E-state index in [0.717, 1.165) is 11.1 Å². The van der Waals surface area contributed by atoms with Crippen LogP contribution in [0.1, 0.15) is 10.4 Å². The molecule has 1 heterocycles. The maximum atomic E-state index is 10.6. The zero-order valence-corrected chi connectivity index (χ0v) is 8.38. The summed E-state index contributed by atoms with van der Waals surface area (Å²) in [5.41, 5.74) is 7.41. The van der Waals surface area contributed by atoms with Crippen molar-refractivity contribution < 1.29 is 9.90 Å². The Bertz CT molecular complexity index is 504. The lowest BCUT2D eigenvalue weighted by atomic mass is 10.1. The summed E-state index contributed by atoms with van der Waals surface area (Å²) in [6.45, 7) is 0. The van der Waals surface area contributed by atoms with E-state index < -0.39 is 5.97 Å². The highest BCUT2D eigenvalue weighted by atomic mass is 16.4. The van der Waals surface area contributed by atoms with Gasteiger partial charge in [-0.25, -0.2) is 4.98 Å². The van der Waals surface area contributed by atoms with Crippen molar-refractivity contribution in [1.29, 1.82) is 0 Å². The van der Waals surface area contributed by atoms with E-state index in [9.17, 15) is 9.90 Å². The summed E-state index contributed by atoms with van der Waals surface area (Å²) in [5.74, 6) is -0.725. The Balaban J connectivity index is 2.34. The lowest BCUT2D eigenvalue weighted by Crippen LogP contribution is -2.21. The fourth-order valence-corrected chi connectivity index (χ4v) is 1.37. The second-order valence-electron chi connectivity index (χ2n) is 3.34. The largest absolute Gasteiger partial charge is 0.545 e. The molecule has 0 spiro atoms. The third kappa shape index (κ3) is 2.00. The number of nitrogens with zero attached hydrogens (tertiary/aromatic N) is 1. The number of benzene rings is 1. The number of carbonyl (C=O) groups is 1. The molecule has 2 aromatic rings. The van der Waals surface area contributed by atoms with E-state index in [1.807, 2.05) is 6.07 Å². The topological polar surface area (TPSA) is 79.0 Å². The maximum Gasteiger partial charge on any atom is 0.123 e. The molecular formula is C12H9N2O2-. The van der Waals surface area contributed by atoms with Crippen LogP contribution in [-0.2, 0) is 0 Å². The first kappa shape index (κ1) is 10.2. The number of aromatic nitrogens is 1. The SMILES string of the molecule is Nc1ccc(-c2ccc(C(=O)[O-])cc2)cn1.